The summed E-state index contributed by atoms with van der Waals surface area (Å²) < 4.78 is 5.40. The van der Waals surface area contributed by atoms with Crippen LogP contribution in [0, 0.1) is 0 Å². The molecule has 0 atom stereocenters. The number of nitrogens with one attached hydrogen (secondary N) is 1. The van der Waals surface area contributed by atoms with Gasteiger partial charge in [-0.25, -0.2) is 4.79 Å². The van der Waals surface area contributed by atoms with Gasteiger partial charge in [-0.3, -0.25) is 9.69 Å². The van der Waals surface area contributed by atoms with Crippen LogP contribution in [0.3, 0.4) is 0 Å². The lowest BCUT2D eigenvalue weighted by Gasteiger charge is -2.27. The predicted octanol–water partition coefficient (Wildman–Crippen LogP) is 1.84. The first-order chi connectivity index (χ1) is 9.96. The molecule has 6 nitrogen and oxygen atoms in total. The molecule has 0 spiro atoms. The van der Waals surface area contributed by atoms with E-state index >= 15 is 0 Å². The summed E-state index contributed by atoms with van der Waals surface area (Å²) in [6, 6.07) is 0. The van der Waals surface area contributed by atoms with Gasteiger partial charge in [-0.2, -0.15) is 0 Å². The van der Waals surface area contributed by atoms with Gasteiger partial charge < -0.3 is 15.0 Å². The number of nitrogens with zero attached hydrogens (tertiary/aromatic N) is 2. The van der Waals surface area contributed by atoms with Gasteiger partial charge in [0, 0.05) is 31.7 Å². The van der Waals surface area contributed by atoms with Crippen LogP contribution in [-0.2, 0) is 9.53 Å². The Morgan fingerprint density at radius 2 is 1.64 bits per heavy atom. The van der Waals surface area contributed by atoms with Crippen molar-refractivity contribution in [2.45, 2.75) is 59.1 Å². The Labute approximate surface area is 134 Å². The molecule has 0 unspecified atom stereocenters. The second kappa shape index (κ2) is 7.31. The van der Waals surface area contributed by atoms with E-state index in [0.717, 1.165) is 13.0 Å². The summed E-state index contributed by atoms with van der Waals surface area (Å²) in [7, 11) is 0. The minimum absolute atomic E-state index is 0.0261. The average Bonchev–Trinajstić information content (AvgIpc) is 2.49. The second-order valence-corrected chi connectivity index (χ2v) is 7.90. The van der Waals surface area contributed by atoms with Gasteiger partial charge in [0.1, 0.15) is 5.60 Å². The highest BCUT2D eigenvalue weighted by Gasteiger charge is 2.25. The number of hydrogen-bond donors (Lipinski definition) is 1. The summed E-state index contributed by atoms with van der Waals surface area (Å²) >= 11 is 0. The maximum Gasteiger partial charge on any atom is 0.410 e. The lowest BCUT2D eigenvalue weighted by Crippen LogP contribution is -2.46. The maximum atomic E-state index is 12.1. The summed E-state index contributed by atoms with van der Waals surface area (Å²) in [4.78, 5) is 27.9. The molecule has 1 N–H and O–H groups in total. The number of carbonyl (C=O) groups is 2. The molecule has 1 fully saturated rings. The Balaban J connectivity index is 2.45. The second-order valence-electron chi connectivity index (χ2n) is 7.90. The number of amides is 2. The van der Waals surface area contributed by atoms with E-state index in [1.54, 1.807) is 4.90 Å². The largest absolute Gasteiger partial charge is 0.444 e. The molecule has 1 rings (SSSR count). The zero-order valence-corrected chi connectivity index (χ0v) is 14.9. The standard InChI is InChI=1S/C16H31N3O3/c1-15(2,3)17-13(20)12-18-8-7-9-19(11-10-18)14(21)22-16(4,5)6/h7-12H2,1-6H3,(H,17,20). The SMILES string of the molecule is CC(C)(C)NC(=O)CN1CCCN(C(=O)OC(C)(C)C)CC1. The van der Waals surface area contributed by atoms with Gasteiger partial charge in [-0.05, 0) is 48.0 Å². The molecule has 2 amide bonds. The summed E-state index contributed by atoms with van der Waals surface area (Å²) in [5.74, 6) is 0.0261. The van der Waals surface area contributed by atoms with Crippen LogP contribution in [0.1, 0.15) is 48.0 Å². The van der Waals surface area contributed by atoms with Crippen molar-refractivity contribution in [3.63, 3.8) is 0 Å². The number of hydrogen-bond acceptors (Lipinski definition) is 4. The minimum Gasteiger partial charge on any atom is -0.444 e. The van der Waals surface area contributed by atoms with Gasteiger partial charge >= 0.3 is 6.09 Å². The van der Waals surface area contributed by atoms with E-state index in [1.165, 1.54) is 0 Å². The van der Waals surface area contributed by atoms with Crippen LogP contribution in [0.15, 0.2) is 0 Å². The van der Waals surface area contributed by atoms with Crippen LogP contribution in [0.4, 0.5) is 4.79 Å². The zero-order chi connectivity index (χ0) is 17.0. The van der Waals surface area contributed by atoms with Gasteiger partial charge in [0.05, 0.1) is 6.54 Å². The Bertz CT molecular complexity index is 396. The third-order valence-corrected chi connectivity index (χ3v) is 3.12. The fraction of sp³-hybridized carbons (Fsp3) is 0.875. The lowest BCUT2D eigenvalue weighted by molar-refractivity contribution is -0.123. The molecule has 0 aromatic carbocycles. The Morgan fingerprint density at radius 1 is 1.00 bits per heavy atom. The van der Waals surface area contributed by atoms with E-state index in [-0.39, 0.29) is 17.5 Å². The first kappa shape index (κ1) is 18.7. The number of carbonyl (C=O) groups excluding carboxylic acids is 2. The van der Waals surface area contributed by atoms with Crippen molar-refractivity contribution < 1.29 is 14.3 Å². The van der Waals surface area contributed by atoms with E-state index in [9.17, 15) is 9.59 Å². The highest BCUT2D eigenvalue weighted by molar-refractivity contribution is 5.78. The minimum atomic E-state index is -0.477. The fourth-order valence-electron chi connectivity index (χ4n) is 2.30. The molecule has 1 aliphatic heterocycles. The van der Waals surface area contributed by atoms with Crippen LogP contribution < -0.4 is 5.32 Å². The molecule has 0 aliphatic carbocycles. The van der Waals surface area contributed by atoms with E-state index in [2.05, 4.69) is 10.2 Å². The zero-order valence-electron chi connectivity index (χ0n) is 14.9. The first-order valence-electron chi connectivity index (χ1n) is 7.97. The summed E-state index contributed by atoms with van der Waals surface area (Å²) in [6.07, 6.45) is 0.579. The van der Waals surface area contributed by atoms with Crippen molar-refractivity contribution >= 4 is 12.0 Å². The molecule has 0 saturated carbocycles. The van der Waals surface area contributed by atoms with E-state index < -0.39 is 5.60 Å². The van der Waals surface area contributed by atoms with Crippen LogP contribution in [0.25, 0.3) is 0 Å². The van der Waals surface area contributed by atoms with Crippen molar-refractivity contribution in [3.05, 3.63) is 0 Å². The van der Waals surface area contributed by atoms with Crippen molar-refractivity contribution in [1.29, 1.82) is 0 Å². The van der Waals surface area contributed by atoms with Crippen LogP contribution in [0.2, 0.25) is 0 Å². The van der Waals surface area contributed by atoms with Gasteiger partial charge in [0.2, 0.25) is 5.91 Å². The molecule has 1 heterocycles. The van der Waals surface area contributed by atoms with Crippen LogP contribution >= 0.6 is 0 Å². The number of rotatable bonds is 2. The molecule has 22 heavy (non-hydrogen) atoms. The van der Waals surface area contributed by atoms with Crippen molar-refractivity contribution in [3.8, 4) is 0 Å². The quantitative estimate of drug-likeness (QED) is 0.845. The highest BCUT2D eigenvalue weighted by Crippen LogP contribution is 2.12. The molecule has 1 aliphatic rings. The Kier molecular flexibility index (Phi) is 6.23. The summed E-state index contributed by atoms with van der Waals surface area (Å²) in [5, 5.41) is 2.97. The Morgan fingerprint density at radius 3 is 2.18 bits per heavy atom. The monoisotopic (exact) mass is 313 g/mol. The smallest absolute Gasteiger partial charge is 0.410 e. The molecule has 128 valence electrons. The van der Waals surface area contributed by atoms with Gasteiger partial charge in [-0.15, -0.1) is 0 Å². The van der Waals surface area contributed by atoms with Crippen molar-refractivity contribution in [2.24, 2.45) is 0 Å². The van der Waals surface area contributed by atoms with Gasteiger partial charge in [0.15, 0.2) is 0 Å². The molecule has 0 bridgehead atoms. The normalized spacial score (nSPS) is 17.8. The Hall–Kier alpha value is -1.30. The topological polar surface area (TPSA) is 61.9 Å². The molecular weight excluding hydrogens is 282 g/mol. The number of ether oxygens (including phenoxy) is 1. The lowest BCUT2D eigenvalue weighted by atomic mass is 10.1. The molecule has 6 heteroatoms. The van der Waals surface area contributed by atoms with Crippen molar-refractivity contribution in [1.82, 2.24) is 15.1 Å². The van der Waals surface area contributed by atoms with Gasteiger partial charge in [0.25, 0.3) is 0 Å². The summed E-state index contributed by atoms with van der Waals surface area (Å²) in [5.41, 5.74) is -0.693. The fourth-order valence-corrected chi connectivity index (χ4v) is 2.30. The van der Waals surface area contributed by atoms with Crippen LogP contribution in [0.5, 0.6) is 0 Å². The molecule has 1 saturated heterocycles. The van der Waals surface area contributed by atoms with E-state index in [0.29, 0.717) is 26.2 Å². The highest BCUT2D eigenvalue weighted by atomic mass is 16.6. The third-order valence-electron chi connectivity index (χ3n) is 3.12. The van der Waals surface area contributed by atoms with E-state index in [1.807, 2.05) is 41.5 Å². The molecule has 0 aromatic rings. The summed E-state index contributed by atoms with van der Waals surface area (Å²) in [6.45, 7) is 14.7. The van der Waals surface area contributed by atoms with E-state index in [4.69, 9.17) is 4.74 Å². The maximum absolute atomic E-state index is 12.1. The van der Waals surface area contributed by atoms with Crippen molar-refractivity contribution in [2.75, 3.05) is 32.7 Å². The molecule has 0 radical (unpaired) electrons. The van der Waals surface area contributed by atoms with Gasteiger partial charge in [-0.1, -0.05) is 0 Å². The first-order valence-corrected chi connectivity index (χ1v) is 7.97. The van der Waals surface area contributed by atoms with Crippen LogP contribution in [-0.4, -0.2) is 65.7 Å². The molecular formula is C16H31N3O3. The average molecular weight is 313 g/mol. The third kappa shape index (κ3) is 7.64. The predicted molar refractivity (Wildman–Crippen MR) is 86.8 cm³/mol. The molecule has 0 aromatic heterocycles.